The van der Waals surface area contributed by atoms with E-state index in [4.69, 9.17) is 4.74 Å². The summed E-state index contributed by atoms with van der Waals surface area (Å²) >= 11 is 0. The highest BCUT2D eigenvalue weighted by atomic mass is 32.2. The van der Waals surface area contributed by atoms with E-state index in [1.807, 2.05) is 36.4 Å². The smallest absolute Gasteiger partial charge is 0.407 e. The Morgan fingerprint density at radius 3 is 2.16 bits per heavy atom. The van der Waals surface area contributed by atoms with Crippen molar-refractivity contribution in [1.29, 1.82) is 0 Å². The molecule has 224 valence electrons. The fraction of sp³-hybridized carbons (Fsp3) is 0.212. The number of alkyl carbamates (subject to hydrolysis) is 1. The average molecular weight is 602 g/mol. The molecule has 0 fully saturated rings. The van der Waals surface area contributed by atoms with Crippen LogP contribution in [0.4, 0.5) is 16.2 Å². The Labute approximate surface area is 252 Å². The van der Waals surface area contributed by atoms with E-state index >= 15 is 0 Å². The third-order valence-electron chi connectivity index (χ3n) is 6.29. The van der Waals surface area contributed by atoms with Crippen molar-refractivity contribution in [2.24, 2.45) is 0 Å². The number of amides is 1. The zero-order valence-electron chi connectivity index (χ0n) is 24.2. The number of carboxylic acids is 1. The van der Waals surface area contributed by atoms with E-state index in [2.05, 4.69) is 15.4 Å². The van der Waals surface area contributed by atoms with Crippen LogP contribution in [0.1, 0.15) is 36.7 Å². The lowest BCUT2D eigenvalue weighted by molar-refractivity contribution is 0.0525. The van der Waals surface area contributed by atoms with Crippen LogP contribution >= 0.6 is 0 Å². The Bertz CT molecular complexity index is 1680. The van der Waals surface area contributed by atoms with Crippen molar-refractivity contribution in [1.82, 2.24) is 5.32 Å². The second-order valence-electron chi connectivity index (χ2n) is 11.0. The van der Waals surface area contributed by atoms with Gasteiger partial charge >= 0.3 is 12.1 Å². The predicted molar refractivity (Wildman–Crippen MR) is 168 cm³/mol. The molecule has 43 heavy (non-hydrogen) atoms. The molecule has 4 rings (SSSR count). The van der Waals surface area contributed by atoms with Gasteiger partial charge in [-0.2, -0.15) is 0 Å². The zero-order valence-corrected chi connectivity index (χ0v) is 25.0. The summed E-state index contributed by atoms with van der Waals surface area (Å²) in [6.07, 6.45) is 0.0772. The third-order valence-corrected chi connectivity index (χ3v) is 7.67. The number of aromatic carboxylic acids is 1. The Balaban J connectivity index is 1.51. The van der Waals surface area contributed by atoms with Crippen LogP contribution in [0.3, 0.4) is 0 Å². The molecule has 0 spiro atoms. The summed E-state index contributed by atoms with van der Waals surface area (Å²) in [6, 6.07) is 29.1. The molecule has 0 bridgehead atoms. The molecule has 0 saturated carbocycles. The number of anilines is 2. The SMILES string of the molecule is CC(C)(C)OC(=O)NCC(Cc1ccccc1)Nc1cccc(NS(=O)(=O)c2cccc(-c3cccc(C(=O)O)c3)c2)c1. The van der Waals surface area contributed by atoms with Crippen LogP contribution < -0.4 is 15.4 Å². The van der Waals surface area contributed by atoms with Gasteiger partial charge in [0.2, 0.25) is 0 Å². The number of hydrogen-bond acceptors (Lipinski definition) is 6. The van der Waals surface area contributed by atoms with Crippen LogP contribution in [0.15, 0.2) is 108 Å². The normalized spacial score (nSPS) is 12.2. The Hall–Kier alpha value is -4.83. The highest BCUT2D eigenvalue weighted by molar-refractivity contribution is 7.92. The number of carbonyl (C=O) groups excluding carboxylic acids is 1. The van der Waals surface area contributed by atoms with E-state index in [1.165, 1.54) is 24.3 Å². The van der Waals surface area contributed by atoms with Gasteiger partial charge in [-0.3, -0.25) is 4.72 Å². The van der Waals surface area contributed by atoms with Gasteiger partial charge in [0.15, 0.2) is 0 Å². The molecule has 10 heteroatoms. The summed E-state index contributed by atoms with van der Waals surface area (Å²) in [5, 5.41) is 15.5. The summed E-state index contributed by atoms with van der Waals surface area (Å²) in [5.41, 5.74) is 2.72. The van der Waals surface area contributed by atoms with Crippen LogP contribution in [0.2, 0.25) is 0 Å². The lowest BCUT2D eigenvalue weighted by atomic mass is 10.0. The van der Waals surface area contributed by atoms with Gasteiger partial charge in [0.1, 0.15) is 5.60 Å². The number of benzene rings is 4. The molecule has 0 saturated heterocycles. The van der Waals surface area contributed by atoms with Crippen LogP contribution in [0, 0.1) is 0 Å². The van der Waals surface area contributed by atoms with Crippen molar-refractivity contribution >= 4 is 33.5 Å². The third kappa shape index (κ3) is 9.34. The molecule has 0 aromatic heterocycles. The van der Waals surface area contributed by atoms with Gasteiger partial charge in [-0.05, 0) is 86.3 Å². The van der Waals surface area contributed by atoms with Crippen molar-refractivity contribution in [3.63, 3.8) is 0 Å². The van der Waals surface area contributed by atoms with Gasteiger partial charge in [0.25, 0.3) is 10.0 Å². The summed E-state index contributed by atoms with van der Waals surface area (Å²) in [6.45, 7) is 5.67. The molecule has 1 atom stereocenters. The van der Waals surface area contributed by atoms with Gasteiger partial charge in [-0.25, -0.2) is 18.0 Å². The molecule has 4 aromatic rings. The van der Waals surface area contributed by atoms with Crippen LogP contribution in [-0.2, 0) is 21.2 Å². The molecule has 0 aliphatic carbocycles. The first kappa shape index (κ1) is 31.1. The number of nitrogens with one attached hydrogen (secondary N) is 3. The molecule has 1 unspecified atom stereocenters. The van der Waals surface area contributed by atoms with Gasteiger partial charge in [0.05, 0.1) is 16.1 Å². The highest BCUT2D eigenvalue weighted by Gasteiger charge is 2.19. The fourth-order valence-electron chi connectivity index (χ4n) is 4.39. The maximum absolute atomic E-state index is 13.3. The quantitative estimate of drug-likeness (QED) is 0.156. The number of carboxylic acid groups (broad SMARTS) is 1. The predicted octanol–water partition coefficient (Wildman–Crippen LogP) is 6.40. The minimum atomic E-state index is -3.97. The summed E-state index contributed by atoms with van der Waals surface area (Å²) < 4.78 is 34.7. The number of hydrogen-bond donors (Lipinski definition) is 4. The van der Waals surface area contributed by atoms with E-state index in [9.17, 15) is 23.1 Å². The lowest BCUT2D eigenvalue weighted by Gasteiger charge is -2.24. The molecule has 1 amide bonds. The van der Waals surface area contributed by atoms with Crippen molar-refractivity contribution in [2.45, 2.75) is 43.7 Å². The minimum Gasteiger partial charge on any atom is -0.478 e. The summed E-state index contributed by atoms with van der Waals surface area (Å²) in [5.74, 6) is -1.06. The van der Waals surface area contributed by atoms with Gasteiger partial charge in [-0.15, -0.1) is 0 Å². The molecule has 9 nitrogen and oxygen atoms in total. The summed E-state index contributed by atoms with van der Waals surface area (Å²) in [4.78, 5) is 23.7. The largest absolute Gasteiger partial charge is 0.478 e. The number of rotatable bonds is 11. The van der Waals surface area contributed by atoms with Gasteiger partial charge in [0, 0.05) is 18.3 Å². The van der Waals surface area contributed by atoms with E-state index in [-0.39, 0.29) is 23.0 Å². The Morgan fingerprint density at radius 1 is 0.814 bits per heavy atom. The molecule has 4 aromatic carbocycles. The molecular weight excluding hydrogens is 566 g/mol. The zero-order chi connectivity index (χ0) is 31.0. The highest BCUT2D eigenvalue weighted by Crippen LogP contribution is 2.26. The maximum Gasteiger partial charge on any atom is 0.407 e. The first-order valence-electron chi connectivity index (χ1n) is 13.7. The van der Waals surface area contributed by atoms with E-state index in [1.54, 1.807) is 63.2 Å². The fourth-order valence-corrected chi connectivity index (χ4v) is 5.49. The van der Waals surface area contributed by atoms with Gasteiger partial charge in [-0.1, -0.05) is 60.7 Å². The monoisotopic (exact) mass is 601 g/mol. The Kier molecular flexibility index (Phi) is 9.72. The second-order valence-corrected chi connectivity index (χ2v) is 12.7. The standard InChI is InChI=1S/C33H35N3O6S/c1-33(2,3)42-32(39)34-22-29(18-23-10-5-4-6-11-23)35-27-15-9-16-28(21-27)36-43(40,41)30-17-8-13-25(20-30)24-12-7-14-26(19-24)31(37)38/h4-17,19-21,29,35-36H,18,22H2,1-3H3,(H,34,39)(H,37,38). The number of carbonyl (C=O) groups is 2. The van der Waals surface area contributed by atoms with Crippen LogP contribution in [0.5, 0.6) is 0 Å². The van der Waals surface area contributed by atoms with Crippen molar-refractivity contribution < 1.29 is 27.9 Å². The first-order chi connectivity index (χ1) is 20.4. The molecule has 0 radical (unpaired) electrons. The number of sulfonamides is 1. The molecule has 0 heterocycles. The molecule has 0 aliphatic heterocycles. The lowest BCUT2D eigenvalue weighted by Crippen LogP contribution is -2.40. The maximum atomic E-state index is 13.3. The van der Waals surface area contributed by atoms with Crippen LogP contribution in [0.25, 0.3) is 11.1 Å². The topological polar surface area (TPSA) is 134 Å². The Morgan fingerprint density at radius 2 is 1.47 bits per heavy atom. The number of ether oxygens (including phenoxy) is 1. The van der Waals surface area contributed by atoms with E-state index < -0.39 is 27.7 Å². The van der Waals surface area contributed by atoms with Crippen molar-refractivity contribution in [3.05, 3.63) is 114 Å². The molecular formula is C33H35N3O6S. The summed E-state index contributed by atoms with van der Waals surface area (Å²) in [7, 11) is -3.97. The van der Waals surface area contributed by atoms with E-state index in [0.29, 0.717) is 28.9 Å². The van der Waals surface area contributed by atoms with Crippen molar-refractivity contribution in [3.8, 4) is 11.1 Å². The van der Waals surface area contributed by atoms with Crippen LogP contribution in [-0.4, -0.2) is 43.8 Å². The molecule has 0 aliphatic rings. The van der Waals surface area contributed by atoms with Crippen molar-refractivity contribution in [2.75, 3.05) is 16.6 Å². The van der Waals surface area contributed by atoms with E-state index in [0.717, 1.165) is 5.56 Å². The minimum absolute atomic E-state index is 0.0348. The molecule has 4 N–H and O–H groups in total. The second kappa shape index (κ2) is 13.4. The first-order valence-corrected chi connectivity index (χ1v) is 15.2. The van der Waals surface area contributed by atoms with Gasteiger partial charge < -0.3 is 20.5 Å². The average Bonchev–Trinajstić information content (AvgIpc) is 2.96.